The third-order valence-corrected chi connectivity index (χ3v) is 6.01. The highest BCUT2D eigenvalue weighted by Gasteiger charge is 2.43. The van der Waals surface area contributed by atoms with Gasteiger partial charge in [-0.25, -0.2) is 18.0 Å². The number of guanidine groups is 1. The second-order valence-corrected chi connectivity index (χ2v) is 9.31. The molecule has 0 amide bonds. The number of rotatable bonds is 12. The number of benzene rings is 2. The van der Waals surface area contributed by atoms with Crippen LogP contribution < -0.4 is 20.9 Å². The first-order valence-electron chi connectivity index (χ1n) is 10.6. The van der Waals surface area contributed by atoms with Crippen molar-refractivity contribution in [1.82, 2.24) is 4.72 Å². The van der Waals surface area contributed by atoms with E-state index in [9.17, 15) is 31.2 Å². The van der Waals surface area contributed by atoms with Crippen molar-refractivity contribution >= 4 is 27.9 Å². The molecular formula is C22H25F3N4O7S. The van der Waals surface area contributed by atoms with E-state index in [1.807, 2.05) is 4.72 Å². The van der Waals surface area contributed by atoms with Crippen molar-refractivity contribution in [3.63, 3.8) is 0 Å². The lowest BCUT2D eigenvalue weighted by Crippen LogP contribution is -2.45. The molecule has 0 aliphatic carbocycles. The topological polar surface area (TPSA) is 172 Å². The lowest BCUT2D eigenvalue weighted by atomic mass is 10.1. The fourth-order valence-electron chi connectivity index (χ4n) is 2.76. The van der Waals surface area contributed by atoms with Gasteiger partial charge in [0.05, 0.1) is 11.5 Å². The van der Waals surface area contributed by atoms with Crippen LogP contribution >= 0.6 is 0 Å². The maximum atomic E-state index is 12.7. The van der Waals surface area contributed by atoms with Gasteiger partial charge in [-0.1, -0.05) is 29.8 Å². The molecule has 15 heteroatoms. The molecule has 2 aromatic rings. The minimum Gasteiger partial charge on any atom is -0.493 e. The molecule has 0 aromatic heterocycles. The molecule has 0 heterocycles. The molecule has 0 saturated carbocycles. The second-order valence-electron chi connectivity index (χ2n) is 7.59. The van der Waals surface area contributed by atoms with Crippen LogP contribution in [0.15, 0.2) is 58.6 Å². The molecular weight excluding hydrogens is 521 g/mol. The normalized spacial score (nSPS) is 12.3. The van der Waals surface area contributed by atoms with Gasteiger partial charge in [-0.3, -0.25) is 0 Å². The lowest BCUT2D eigenvalue weighted by Gasteiger charge is -2.18. The Bertz CT molecular complexity index is 1200. The highest BCUT2D eigenvalue weighted by Crippen LogP contribution is 2.19. The van der Waals surface area contributed by atoms with Crippen LogP contribution in [-0.2, 0) is 35.6 Å². The van der Waals surface area contributed by atoms with Crippen molar-refractivity contribution in [2.45, 2.75) is 36.9 Å². The number of ether oxygens (including phenoxy) is 2. The largest absolute Gasteiger partial charge is 0.493 e. The number of aryl methyl sites for hydroxylation is 1. The van der Waals surface area contributed by atoms with Crippen LogP contribution in [0.3, 0.4) is 0 Å². The van der Waals surface area contributed by atoms with E-state index in [1.54, 1.807) is 6.92 Å². The fourth-order valence-corrected chi connectivity index (χ4v) is 3.94. The molecule has 202 valence electrons. The number of sulfonamides is 1. The predicted octanol–water partition coefficient (Wildman–Crippen LogP) is 1.49. The number of oxime groups is 1. The van der Waals surface area contributed by atoms with E-state index >= 15 is 0 Å². The van der Waals surface area contributed by atoms with Crippen LogP contribution in [0.2, 0.25) is 0 Å². The number of carbonyl (C=O) groups is 2. The highest BCUT2D eigenvalue weighted by molar-refractivity contribution is 7.89. The summed E-state index contributed by atoms with van der Waals surface area (Å²) in [5, 5.41) is 3.35. The van der Waals surface area contributed by atoms with Crippen molar-refractivity contribution < 1.29 is 45.5 Å². The summed E-state index contributed by atoms with van der Waals surface area (Å²) >= 11 is 0. The Balaban J connectivity index is 2.11. The molecule has 0 radical (unpaired) electrons. The minimum absolute atomic E-state index is 0.192. The van der Waals surface area contributed by atoms with E-state index < -0.39 is 40.6 Å². The van der Waals surface area contributed by atoms with Crippen LogP contribution in [0, 0.1) is 6.92 Å². The van der Waals surface area contributed by atoms with Gasteiger partial charge < -0.3 is 25.8 Å². The van der Waals surface area contributed by atoms with Gasteiger partial charge in [-0.05, 0) is 48.3 Å². The number of carbonyl (C=O) groups excluding carboxylic acids is 2. The van der Waals surface area contributed by atoms with Crippen molar-refractivity contribution in [2.75, 3.05) is 13.2 Å². The van der Waals surface area contributed by atoms with Crippen molar-refractivity contribution in [3.8, 4) is 5.75 Å². The average Bonchev–Trinajstić information content (AvgIpc) is 2.81. The summed E-state index contributed by atoms with van der Waals surface area (Å²) in [5.74, 6) is -4.27. The summed E-state index contributed by atoms with van der Waals surface area (Å²) in [4.78, 5) is 28.1. The summed E-state index contributed by atoms with van der Waals surface area (Å²) < 4.78 is 74.6. The van der Waals surface area contributed by atoms with Crippen LogP contribution in [0.1, 0.15) is 17.5 Å². The van der Waals surface area contributed by atoms with Crippen LogP contribution in [0.25, 0.3) is 0 Å². The van der Waals surface area contributed by atoms with Gasteiger partial charge in [0.2, 0.25) is 16.0 Å². The van der Waals surface area contributed by atoms with Crippen LogP contribution in [0.4, 0.5) is 13.2 Å². The van der Waals surface area contributed by atoms with Gasteiger partial charge in [0, 0.05) is 6.42 Å². The maximum absolute atomic E-state index is 12.7. The maximum Gasteiger partial charge on any atom is 0.491 e. The number of nitrogens with zero attached hydrogens (tertiary/aromatic N) is 1. The van der Waals surface area contributed by atoms with E-state index in [-0.39, 0.29) is 24.1 Å². The predicted molar refractivity (Wildman–Crippen MR) is 124 cm³/mol. The summed E-state index contributed by atoms with van der Waals surface area (Å²) in [6.45, 7) is 2.16. The minimum atomic E-state index is -5.44. The second kappa shape index (κ2) is 12.9. The third kappa shape index (κ3) is 9.97. The van der Waals surface area contributed by atoms with E-state index in [2.05, 4.69) is 9.89 Å². The number of hydrogen-bond donors (Lipinski definition) is 3. The highest BCUT2D eigenvalue weighted by atomic mass is 32.2. The Labute approximate surface area is 210 Å². The zero-order valence-corrected chi connectivity index (χ0v) is 20.3. The van der Waals surface area contributed by atoms with Gasteiger partial charge in [0.15, 0.2) is 0 Å². The van der Waals surface area contributed by atoms with Crippen LogP contribution in [0.5, 0.6) is 5.75 Å². The Morgan fingerprint density at radius 3 is 2.22 bits per heavy atom. The zero-order chi connectivity index (χ0) is 27.6. The van der Waals surface area contributed by atoms with Gasteiger partial charge >= 0.3 is 18.1 Å². The Hall–Kier alpha value is -3.85. The van der Waals surface area contributed by atoms with Crippen molar-refractivity contribution in [3.05, 3.63) is 59.7 Å². The van der Waals surface area contributed by atoms with Gasteiger partial charge in [-0.2, -0.15) is 17.9 Å². The molecule has 0 aliphatic rings. The fraction of sp³-hybridized carbons (Fsp3) is 0.318. The Morgan fingerprint density at radius 2 is 1.65 bits per heavy atom. The first kappa shape index (κ1) is 29.4. The quantitative estimate of drug-likeness (QED) is 0.0890. The van der Waals surface area contributed by atoms with E-state index in [1.165, 1.54) is 48.5 Å². The Morgan fingerprint density at radius 1 is 1.03 bits per heavy atom. The number of esters is 2. The zero-order valence-electron chi connectivity index (χ0n) is 19.5. The molecule has 11 nitrogen and oxygen atoms in total. The number of nitrogens with one attached hydrogen (secondary N) is 1. The third-order valence-electron chi connectivity index (χ3n) is 4.52. The summed E-state index contributed by atoms with van der Waals surface area (Å²) in [7, 11) is -4.35. The molecule has 37 heavy (non-hydrogen) atoms. The first-order valence-corrected chi connectivity index (χ1v) is 12.1. The SMILES string of the molecule is Cc1ccc(S(=O)(=O)N[C@@H](Cc2ccc(OCCCON=C(N)N)cc2)C(=O)OC(=O)C(F)(F)F)cc1. The molecule has 2 aromatic carbocycles. The summed E-state index contributed by atoms with van der Waals surface area (Å²) in [5.41, 5.74) is 11.3. The molecule has 1 atom stereocenters. The van der Waals surface area contributed by atoms with Gasteiger partial charge in [-0.15, -0.1) is 0 Å². The molecule has 2 rings (SSSR count). The number of hydrogen-bond acceptors (Lipinski definition) is 8. The smallest absolute Gasteiger partial charge is 0.491 e. The molecule has 5 N–H and O–H groups in total. The Kier molecular flexibility index (Phi) is 10.3. The van der Waals surface area contributed by atoms with E-state index in [0.29, 0.717) is 17.7 Å². The number of halogens is 3. The summed E-state index contributed by atoms with van der Waals surface area (Å²) in [6, 6.07) is 9.63. The van der Waals surface area contributed by atoms with Crippen molar-refractivity contribution in [2.24, 2.45) is 16.6 Å². The van der Waals surface area contributed by atoms with E-state index in [4.69, 9.17) is 21.0 Å². The molecule has 0 spiro atoms. The number of alkyl halides is 3. The molecule has 0 fully saturated rings. The molecule has 0 unspecified atom stereocenters. The molecule has 0 saturated heterocycles. The number of nitrogens with two attached hydrogens (primary N) is 2. The van der Waals surface area contributed by atoms with Gasteiger partial charge in [0.1, 0.15) is 18.4 Å². The van der Waals surface area contributed by atoms with Crippen molar-refractivity contribution in [1.29, 1.82) is 0 Å². The van der Waals surface area contributed by atoms with Crippen LogP contribution in [-0.4, -0.2) is 51.7 Å². The lowest BCUT2D eigenvalue weighted by molar-refractivity contribution is -0.202. The average molecular weight is 547 g/mol. The molecule has 0 aliphatic heterocycles. The standard InChI is InChI=1S/C22H25F3N4O7S/c1-14-3-9-17(10-4-14)37(32,33)29-18(19(30)36-20(31)22(23,24)25)13-15-5-7-16(8-6-15)34-11-2-12-35-28-21(26)27/h3-10,18,29H,2,11-13H2,1H3,(H4,26,27,28)/t18-/m0/s1. The van der Waals surface area contributed by atoms with Gasteiger partial charge in [0.25, 0.3) is 0 Å². The summed E-state index contributed by atoms with van der Waals surface area (Å²) in [6.07, 6.45) is -5.41. The van der Waals surface area contributed by atoms with E-state index in [0.717, 1.165) is 5.56 Å². The molecule has 0 bridgehead atoms. The first-order chi connectivity index (χ1) is 17.3. The monoisotopic (exact) mass is 546 g/mol.